The maximum absolute atomic E-state index is 14.3. The Bertz CT molecular complexity index is 1140. The molecule has 164 valence electrons. The van der Waals surface area contributed by atoms with Crippen molar-refractivity contribution in [3.63, 3.8) is 0 Å². The largest absolute Gasteiger partial charge is 0.376 e. The molecule has 4 heterocycles. The summed E-state index contributed by atoms with van der Waals surface area (Å²) in [6.45, 7) is 4.27. The van der Waals surface area contributed by atoms with Crippen molar-refractivity contribution < 1.29 is 13.5 Å². The number of benzene rings is 1. The summed E-state index contributed by atoms with van der Waals surface area (Å²) in [7, 11) is 1.65. The normalized spacial score (nSPS) is 24.5. The lowest BCUT2D eigenvalue weighted by molar-refractivity contribution is 0.0973. The number of nitrogens with zero attached hydrogens (tertiary/aromatic N) is 4. The summed E-state index contributed by atoms with van der Waals surface area (Å²) >= 11 is 0. The molecule has 1 aromatic carbocycles. The number of hydrogen-bond acceptors (Lipinski definition) is 6. The SMILES string of the molecule is C[C@@H]1OCC2(CCN(c3nc4c(c(=O)n3C)C(c3cc(F)ccc3F)=NC4)CC2)[C@@H]1N. The summed E-state index contributed by atoms with van der Waals surface area (Å²) in [6.07, 6.45) is 1.77. The lowest BCUT2D eigenvalue weighted by atomic mass is 9.73. The second-order valence-corrected chi connectivity index (χ2v) is 8.78. The van der Waals surface area contributed by atoms with Crippen molar-refractivity contribution in [2.45, 2.75) is 38.5 Å². The van der Waals surface area contributed by atoms with E-state index in [0.29, 0.717) is 18.2 Å². The van der Waals surface area contributed by atoms with E-state index in [9.17, 15) is 13.6 Å². The van der Waals surface area contributed by atoms with Crippen molar-refractivity contribution in [3.05, 3.63) is 57.0 Å². The first-order valence-corrected chi connectivity index (χ1v) is 10.5. The average Bonchev–Trinajstić information content (AvgIpc) is 3.30. The highest BCUT2D eigenvalue weighted by atomic mass is 19.1. The van der Waals surface area contributed by atoms with Crippen molar-refractivity contribution in [1.82, 2.24) is 9.55 Å². The second kappa shape index (κ2) is 7.20. The van der Waals surface area contributed by atoms with Crippen molar-refractivity contribution in [2.24, 2.45) is 23.2 Å². The van der Waals surface area contributed by atoms with Crippen LogP contribution in [0.2, 0.25) is 0 Å². The molecule has 5 rings (SSSR count). The summed E-state index contributed by atoms with van der Waals surface area (Å²) in [5, 5.41) is 0. The van der Waals surface area contributed by atoms with E-state index in [2.05, 4.69) is 9.89 Å². The standard InChI is InChI=1S/C22H25F2N5O2/c1-12-19(25)22(11-31-12)5-7-29(8-6-22)21-27-16-10-26-18(17(16)20(30)28(21)2)14-9-13(23)3-4-15(14)24/h3-4,9,12,19H,5-8,10-11,25H2,1-2H3/t12-,19+/m0/s1. The van der Waals surface area contributed by atoms with Crippen molar-refractivity contribution in [2.75, 3.05) is 24.6 Å². The van der Waals surface area contributed by atoms with Gasteiger partial charge in [-0.2, -0.15) is 0 Å². The fourth-order valence-corrected chi connectivity index (χ4v) is 5.03. The molecule has 31 heavy (non-hydrogen) atoms. The van der Waals surface area contributed by atoms with E-state index in [4.69, 9.17) is 15.5 Å². The van der Waals surface area contributed by atoms with Crippen LogP contribution in [0.4, 0.5) is 14.7 Å². The topological polar surface area (TPSA) is 85.7 Å². The molecular formula is C22H25F2N5O2. The van der Waals surface area contributed by atoms with E-state index in [1.165, 1.54) is 4.57 Å². The van der Waals surface area contributed by atoms with E-state index >= 15 is 0 Å². The third-order valence-corrected chi connectivity index (χ3v) is 7.04. The van der Waals surface area contributed by atoms with Gasteiger partial charge in [0.15, 0.2) is 0 Å². The third kappa shape index (κ3) is 3.10. The zero-order chi connectivity index (χ0) is 21.9. The van der Waals surface area contributed by atoms with Crippen molar-refractivity contribution in [3.8, 4) is 0 Å². The zero-order valence-corrected chi connectivity index (χ0v) is 17.6. The molecule has 2 N–H and O–H groups in total. The van der Waals surface area contributed by atoms with Gasteiger partial charge in [0, 0.05) is 37.2 Å². The van der Waals surface area contributed by atoms with Crippen molar-refractivity contribution >= 4 is 11.7 Å². The van der Waals surface area contributed by atoms with Crippen LogP contribution in [-0.2, 0) is 18.3 Å². The Balaban J connectivity index is 1.45. The quantitative estimate of drug-likeness (QED) is 0.786. The van der Waals surface area contributed by atoms with Gasteiger partial charge in [0.2, 0.25) is 5.95 Å². The van der Waals surface area contributed by atoms with Gasteiger partial charge < -0.3 is 15.4 Å². The first-order chi connectivity index (χ1) is 14.8. The molecule has 1 aromatic heterocycles. The number of nitrogens with two attached hydrogens (primary N) is 1. The Morgan fingerprint density at radius 1 is 1.26 bits per heavy atom. The Morgan fingerprint density at radius 3 is 2.68 bits per heavy atom. The zero-order valence-electron chi connectivity index (χ0n) is 17.6. The maximum atomic E-state index is 14.3. The van der Waals surface area contributed by atoms with E-state index < -0.39 is 11.6 Å². The number of hydrogen-bond donors (Lipinski definition) is 1. The summed E-state index contributed by atoms with van der Waals surface area (Å²) < 4.78 is 35.3. The van der Waals surface area contributed by atoms with E-state index in [1.807, 2.05) is 6.92 Å². The van der Waals surface area contributed by atoms with Gasteiger partial charge in [-0.05, 0) is 38.0 Å². The average molecular weight is 429 g/mol. The molecule has 9 heteroatoms. The lowest BCUT2D eigenvalue weighted by Gasteiger charge is -2.41. The molecular weight excluding hydrogens is 404 g/mol. The molecule has 7 nitrogen and oxygen atoms in total. The maximum Gasteiger partial charge on any atom is 0.264 e. The van der Waals surface area contributed by atoms with Crippen LogP contribution in [0.25, 0.3) is 0 Å². The number of rotatable bonds is 2. The molecule has 2 fully saturated rings. The fraction of sp³-hybridized carbons (Fsp3) is 0.500. The number of piperidine rings is 1. The number of anilines is 1. The van der Waals surface area contributed by atoms with Crippen LogP contribution in [0.3, 0.4) is 0 Å². The number of aliphatic imine (C=N–C) groups is 1. The summed E-state index contributed by atoms with van der Waals surface area (Å²) in [5.74, 6) is -0.639. The van der Waals surface area contributed by atoms with E-state index in [-0.39, 0.29) is 46.5 Å². The van der Waals surface area contributed by atoms with Crippen LogP contribution < -0.4 is 16.2 Å². The van der Waals surface area contributed by atoms with Gasteiger partial charge in [0.25, 0.3) is 5.56 Å². The first-order valence-electron chi connectivity index (χ1n) is 10.5. The third-order valence-electron chi connectivity index (χ3n) is 7.04. The number of aromatic nitrogens is 2. The number of fused-ring (bicyclic) bond motifs is 1. The van der Waals surface area contributed by atoms with Gasteiger partial charge in [0.1, 0.15) is 11.6 Å². The van der Waals surface area contributed by atoms with Gasteiger partial charge in [-0.15, -0.1) is 0 Å². The predicted octanol–water partition coefficient (Wildman–Crippen LogP) is 1.74. The Hall–Kier alpha value is -2.65. The molecule has 3 aliphatic heterocycles. The summed E-state index contributed by atoms with van der Waals surface area (Å²) in [5.41, 5.74) is 6.94. The summed E-state index contributed by atoms with van der Waals surface area (Å²) in [6, 6.07) is 3.15. The minimum absolute atomic E-state index is 0.00331. The van der Waals surface area contributed by atoms with Gasteiger partial charge in [0.05, 0.1) is 36.2 Å². The Kier molecular flexibility index (Phi) is 4.71. The molecule has 0 amide bonds. The first kappa shape index (κ1) is 20.3. The Morgan fingerprint density at radius 2 is 2.00 bits per heavy atom. The monoisotopic (exact) mass is 429 g/mol. The Labute approximate surface area is 178 Å². The molecule has 1 spiro atoms. The van der Waals surface area contributed by atoms with Crippen LogP contribution in [-0.4, -0.2) is 47.1 Å². The smallest absolute Gasteiger partial charge is 0.264 e. The van der Waals surface area contributed by atoms with Crippen LogP contribution in [0.1, 0.15) is 36.6 Å². The molecule has 0 aliphatic carbocycles. The fourth-order valence-electron chi connectivity index (χ4n) is 5.03. The second-order valence-electron chi connectivity index (χ2n) is 8.78. The van der Waals surface area contributed by atoms with E-state index in [0.717, 1.165) is 44.1 Å². The highest BCUT2D eigenvalue weighted by Crippen LogP contribution is 2.41. The molecule has 0 unspecified atom stereocenters. The van der Waals surface area contributed by atoms with Crippen LogP contribution >= 0.6 is 0 Å². The van der Waals surface area contributed by atoms with Crippen LogP contribution in [0, 0.1) is 17.0 Å². The summed E-state index contributed by atoms with van der Waals surface area (Å²) in [4.78, 5) is 24.3. The van der Waals surface area contributed by atoms with Crippen LogP contribution in [0.15, 0.2) is 28.0 Å². The van der Waals surface area contributed by atoms with Gasteiger partial charge in [-0.3, -0.25) is 14.4 Å². The minimum atomic E-state index is -0.621. The lowest BCUT2D eigenvalue weighted by Crippen LogP contribution is -2.51. The number of halogens is 2. The van der Waals surface area contributed by atoms with Crippen molar-refractivity contribution in [1.29, 1.82) is 0 Å². The van der Waals surface area contributed by atoms with E-state index in [1.54, 1.807) is 7.05 Å². The molecule has 2 atom stereocenters. The molecule has 0 radical (unpaired) electrons. The highest BCUT2D eigenvalue weighted by molar-refractivity contribution is 6.14. The molecule has 2 saturated heterocycles. The predicted molar refractivity (Wildman–Crippen MR) is 112 cm³/mol. The van der Waals surface area contributed by atoms with Gasteiger partial charge in [-0.1, -0.05) is 0 Å². The van der Waals surface area contributed by atoms with Gasteiger partial charge in [-0.25, -0.2) is 13.8 Å². The van der Waals surface area contributed by atoms with Crippen LogP contribution in [0.5, 0.6) is 0 Å². The minimum Gasteiger partial charge on any atom is -0.376 e. The molecule has 3 aliphatic rings. The highest BCUT2D eigenvalue weighted by Gasteiger charge is 2.48. The van der Waals surface area contributed by atoms with Gasteiger partial charge >= 0.3 is 0 Å². The number of ether oxygens (including phenoxy) is 1. The molecule has 0 bridgehead atoms. The molecule has 0 saturated carbocycles. The molecule has 2 aromatic rings.